The lowest BCUT2D eigenvalue weighted by molar-refractivity contribution is -0.141. The Kier molecular flexibility index (Phi) is 6.04. The van der Waals surface area contributed by atoms with Gasteiger partial charge in [-0.3, -0.25) is 14.5 Å². The van der Waals surface area contributed by atoms with Crippen LogP contribution in [0.25, 0.3) is 0 Å². The Morgan fingerprint density at radius 3 is 2.36 bits per heavy atom. The highest BCUT2D eigenvalue weighted by molar-refractivity contribution is 5.94. The molecule has 2 amide bonds. The molecule has 3 rings (SSSR count). The van der Waals surface area contributed by atoms with Gasteiger partial charge in [-0.1, -0.05) is 18.2 Å². The highest BCUT2D eigenvalue weighted by Gasteiger charge is 2.30. The predicted molar refractivity (Wildman–Crippen MR) is 95.4 cm³/mol. The van der Waals surface area contributed by atoms with Gasteiger partial charge in [0.1, 0.15) is 0 Å². The van der Waals surface area contributed by atoms with E-state index in [1.165, 1.54) is 0 Å². The summed E-state index contributed by atoms with van der Waals surface area (Å²) in [5, 5.41) is 3.11. The van der Waals surface area contributed by atoms with Gasteiger partial charge in [0.2, 0.25) is 5.91 Å². The first-order chi connectivity index (χ1) is 12.1. The van der Waals surface area contributed by atoms with Crippen molar-refractivity contribution in [1.82, 2.24) is 15.1 Å². The van der Waals surface area contributed by atoms with Gasteiger partial charge < -0.3 is 15.0 Å². The van der Waals surface area contributed by atoms with E-state index in [1.54, 1.807) is 0 Å². The van der Waals surface area contributed by atoms with E-state index in [4.69, 9.17) is 4.74 Å². The van der Waals surface area contributed by atoms with Gasteiger partial charge in [0.15, 0.2) is 0 Å². The summed E-state index contributed by atoms with van der Waals surface area (Å²) in [5.41, 5.74) is 0.695. The monoisotopic (exact) mass is 345 g/mol. The second kappa shape index (κ2) is 8.45. The van der Waals surface area contributed by atoms with E-state index in [9.17, 15) is 9.59 Å². The minimum Gasteiger partial charge on any atom is -0.378 e. The van der Waals surface area contributed by atoms with Crippen molar-refractivity contribution in [3.63, 3.8) is 0 Å². The summed E-state index contributed by atoms with van der Waals surface area (Å²) < 4.78 is 5.31. The van der Waals surface area contributed by atoms with Crippen LogP contribution in [0.4, 0.5) is 0 Å². The molecule has 1 aromatic rings. The van der Waals surface area contributed by atoms with Crippen molar-refractivity contribution in [2.24, 2.45) is 0 Å². The molecule has 0 saturated carbocycles. The first-order valence-corrected chi connectivity index (χ1v) is 9.11. The molecule has 2 saturated heterocycles. The first-order valence-electron chi connectivity index (χ1n) is 9.11. The zero-order chi connectivity index (χ0) is 17.6. The van der Waals surface area contributed by atoms with Crippen LogP contribution >= 0.6 is 0 Å². The van der Waals surface area contributed by atoms with Crippen LogP contribution in [0, 0.1) is 0 Å². The molecule has 0 unspecified atom stereocenters. The van der Waals surface area contributed by atoms with Crippen molar-refractivity contribution < 1.29 is 14.3 Å². The van der Waals surface area contributed by atoms with Crippen LogP contribution in [0.1, 0.15) is 30.1 Å². The smallest absolute Gasteiger partial charge is 0.251 e. The Morgan fingerprint density at radius 2 is 1.72 bits per heavy atom. The van der Waals surface area contributed by atoms with Gasteiger partial charge >= 0.3 is 0 Å². The fraction of sp³-hybridized carbons (Fsp3) is 0.579. The molecular formula is C19H27N3O3. The molecule has 1 atom stereocenters. The maximum atomic E-state index is 12.6. The van der Waals surface area contributed by atoms with Gasteiger partial charge in [-0.15, -0.1) is 0 Å². The summed E-state index contributed by atoms with van der Waals surface area (Å²) in [5.74, 6) is 0.173. The van der Waals surface area contributed by atoms with Crippen LogP contribution in [-0.4, -0.2) is 73.1 Å². The summed E-state index contributed by atoms with van der Waals surface area (Å²) in [6.45, 7) is 6.28. The number of ether oxygens (including phenoxy) is 1. The molecule has 1 aromatic carbocycles. The molecule has 0 radical (unpaired) electrons. The van der Waals surface area contributed by atoms with Crippen LogP contribution in [0.5, 0.6) is 0 Å². The number of nitrogens with one attached hydrogen (secondary N) is 1. The molecule has 25 heavy (non-hydrogen) atoms. The molecule has 0 bridgehead atoms. The number of rotatable bonds is 4. The average Bonchev–Trinajstić information content (AvgIpc) is 2.69. The number of carbonyl (C=O) groups excluding carboxylic acids is 2. The van der Waals surface area contributed by atoms with Gasteiger partial charge in [0.05, 0.1) is 19.3 Å². The molecule has 0 aromatic heterocycles. The lowest BCUT2D eigenvalue weighted by Gasteiger charge is -2.38. The number of likely N-dealkylation sites (tertiary alicyclic amines) is 1. The molecule has 0 spiro atoms. The fourth-order valence-electron chi connectivity index (χ4n) is 3.49. The lowest BCUT2D eigenvalue weighted by Crippen LogP contribution is -2.54. The van der Waals surface area contributed by atoms with Gasteiger partial charge in [0, 0.05) is 37.8 Å². The number of carbonyl (C=O) groups is 2. The summed E-state index contributed by atoms with van der Waals surface area (Å²) in [6, 6.07) is 9.37. The Labute approximate surface area is 149 Å². The molecule has 0 aliphatic carbocycles. The number of hydrogen-bond acceptors (Lipinski definition) is 4. The molecule has 1 N–H and O–H groups in total. The van der Waals surface area contributed by atoms with Gasteiger partial charge in [0.25, 0.3) is 5.91 Å². The molecule has 2 heterocycles. The second-order valence-electron chi connectivity index (χ2n) is 6.76. The fourth-order valence-corrected chi connectivity index (χ4v) is 3.49. The third kappa shape index (κ3) is 4.58. The van der Waals surface area contributed by atoms with Crippen LogP contribution in [0.2, 0.25) is 0 Å². The largest absolute Gasteiger partial charge is 0.378 e. The topological polar surface area (TPSA) is 61.9 Å². The van der Waals surface area contributed by atoms with Gasteiger partial charge in [-0.05, 0) is 31.9 Å². The van der Waals surface area contributed by atoms with Crippen LogP contribution in [0.15, 0.2) is 30.3 Å². The summed E-state index contributed by atoms with van der Waals surface area (Å²) in [4.78, 5) is 29.0. The quantitative estimate of drug-likeness (QED) is 0.889. The van der Waals surface area contributed by atoms with Crippen molar-refractivity contribution in [2.45, 2.75) is 31.8 Å². The number of nitrogens with zero attached hydrogens (tertiary/aromatic N) is 2. The zero-order valence-corrected chi connectivity index (χ0v) is 14.8. The Balaban J connectivity index is 1.46. The van der Waals surface area contributed by atoms with E-state index in [-0.39, 0.29) is 23.9 Å². The van der Waals surface area contributed by atoms with Crippen molar-refractivity contribution in [1.29, 1.82) is 0 Å². The number of piperidine rings is 1. The number of hydrogen-bond donors (Lipinski definition) is 1. The van der Waals surface area contributed by atoms with Crippen molar-refractivity contribution in [3.05, 3.63) is 35.9 Å². The Hall–Kier alpha value is -1.92. The summed E-state index contributed by atoms with van der Waals surface area (Å²) in [7, 11) is 0. The van der Waals surface area contributed by atoms with Crippen molar-refractivity contribution >= 4 is 11.8 Å². The SMILES string of the molecule is C[C@H](C(=O)N1CCOCC1)N1CCC(NC(=O)c2ccccc2)CC1. The van der Waals surface area contributed by atoms with E-state index < -0.39 is 0 Å². The Bertz CT molecular complexity index is 579. The van der Waals surface area contributed by atoms with Crippen LogP contribution in [0.3, 0.4) is 0 Å². The number of morpholine rings is 1. The zero-order valence-electron chi connectivity index (χ0n) is 14.8. The maximum absolute atomic E-state index is 12.6. The minimum atomic E-state index is -0.108. The van der Waals surface area contributed by atoms with Crippen molar-refractivity contribution in [2.75, 3.05) is 39.4 Å². The Morgan fingerprint density at radius 1 is 1.08 bits per heavy atom. The number of amides is 2. The normalized spacial score (nSPS) is 20.9. The third-order valence-electron chi connectivity index (χ3n) is 5.13. The average molecular weight is 345 g/mol. The highest BCUT2D eigenvalue weighted by atomic mass is 16.5. The van der Waals surface area contributed by atoms with E-state index in [2.05, 4.69) is 10.2 Å². The maximum Gasteiger partial charge on any atom is 0.251 e. The molecule has 2 fully saturated rings. The van der Waals surface area contributed by atoms with E-state index in [0.29, 0.717) is 31.9 Å². The van der Waals surface area contributed by atoms with Gasteiger partial charge in [-0.25, -0.2) is 0 Å². The second-order valence-corrected chi connectivity index (χ2v) is 6.76. The van der Waals surface area contributed by atoms with Crippen LogP contribution < -0.4 is 5.32 Å². The summed E-state index contributed by atoms with van der Waals surface area (Å²) >= 11 is 0. The standard InChI is InChI=1S/C19H27N3O3/c1-15(19(24)22-11-13-25-14-12-22)21-9-7-17(8-10-21)20-18(23)16-5-3-2-4-6-16/h2-6,15,17H,7-14H2,1H3,(H,20,23)/t15-/m1/s1. The van der Waals surface area contributed by atoms with Gasteiger partial charge in [-0.2, -0.15) is 0 Å². The molecule has 6 nitrogen and oxygen atoms in total. The first kappa shape index (κ1) is 17.9. The molecule has 136 valence electrons. The highest BCUT2D eigenvalue weighted by Crippen LogP contribution is 2.16. The summed E-state index contributed by atoms with van der Waals surface area (Å²) in [6.07, 6.45) is 1.75. The molecule has 2 aliphatic heterocycles. The molecule has 6 heteroatoms. The minimum absolute atomic E-state index is 0.0171. The van der Waals surface area contributed by atoms with E-state index >= 15 is 0 Å². The predicted octanol–water partition coefficient (Wildman–Crippen LogP) is 1.13. The lowest BCUT2D eigenvalue weighted by atomic mass is 10.0. The molecular weight excluding hydrogens is 318 g/mol. The van der Waals surface area contributed by atoms with Crippen molar-refractivity contribution in [3.8, 4) is 0 Å². The van der Waals surface area contributed by atoms with E-state index in [0.717, 1.165) is 25.9 Å². The molecule has 2 aliphatic rings. The third-order valence-corrected chi connectivity index (χ3v) is 5.13. The van der Waals surface area contributed by atoms with E-state index in [1.807, 2.05) is 42.2 Å². The number of benzene rings is 1. The van der Waals surface area contributed by atoms with Crippen LogP contribution in [-0.2, 0) is 9.53 Å².